The molecule has 1 fully saturated rings. The van der Waals surface area contributed by atoms with Crippen LogP contribution in [-0.2, 0) is 4.79 Å². The van der Waals surface area contributed by atoms with E-state index in [0.717, 1.165) is 8.47 Å². The molecule has 0 radical (unpaired) electrons. The van der Waals surface area contributed by atoms with Crippen molar-refractivity contribution in [1.29, 1.82) is 0 Å². The van der Waals surface area contributed by atoms with Gasteiger partial charge in [-0.05, 0) is 65.4 Å². The second-order valence-electron chi connectivity index (χ2n) is 7.79. The monoisotopic (exact) mass is 580 g/mol. The number of imide groups is 1. The summed E-state index contributed by atoms with van der Waals surface area (Å²) in [6, 6.07) is 9.18. The minimum absolute atomic E-state index is 0.0719. The fourth-order valence-corrected chi connectivity index (χ4v) is 4.06. The molecule has 0 spiro atoms. The summed E-state index contributed by atoms with van der Waals surface area (Å²) in [5.74, 6) is -0.0455. The lowest BCUT2D eigenvalue weighted by Gasteiger charge is -2.19. The van der Waals surface area contributed by atoms with Crippen molar-refractivity contribution < 1.29 is 28.9 Å². The number of nitrogens with zero attached hydrogens (tertiary/aromatic N) is 2. The van der Waals surface area contributed by atoms with Gasteiger partial charge in [0, 0.05) is 9.13 Å². The molecule has 2 heterocycles. The van der Waals surface area contributed by atoms with E-state index in [9.17, 15) is 19.1 Å². The summed E-state index contributed by atoms with van der Waals surface area (Å²) in [6.45, 7) is 1.18. The first kappa shape index (κ1) is 24.1. The maximum absolute atomic E-state index is 14.3. The Balaban J connectivity index is 1.48. The highest BCUT2D eigenvalue weighted by Crippen LogP contribution is 2.31. The number of urea groups is 1. The summed E-state index contributed by atoms with van der Waals surface area (Å²) in [4.78, 5) is 34.1. The van der Waals surface area contributed by atoms with E-state index in [0.29, 0.717) is 28.4 Å². The number of H-pyrrole nitrogens is 1. The number of ether oxygens (including phenoxy) is 1. The Labute approximate surface area is 208 Å². The molecule has 2 unspecified atom stereocenters. The van der Waals surface area contributed by atoms with Crippen LogP contribution in [-0.4, -0.2) is 56.3 Å². The minimum atomic E-state index is -0.991. The number of imidazole rings is 1. The van der Waals surface area contributed by atoms with Gasteiger partial charge in [0.15, 0.2) is 0 Å². The minimum Gasteiger partial charge on any atom is -0.491 e. The standard InChI is InChI=1S/C23H22FIN4O5/c1-12(21-26-9-19(27-21)17-7-4-14(25)8-18(17)24)29-22(32)20(28-23(29)33)13-2-5-16(6-3-13)34-11-15(31)10-30/h2-9,12,15,20,30-31H,10-11H2,1H3,(H,26,27)(H,28,33)/t12-,15?,20?/m0/s1. The van der Waals surface area contributed by atoms with E-state index in [4.69, 9.17) is 9.84 Å². The molecule has 2 aromatic carbocycles. The van der Waals surface area contributed by atoms with Gasteiger partial charge >= 0.3 is 6.03 Å². The maximum Gasteiger partial charge on any atom is 0.325 e. The van der Waals surface area contributed by atoms with E-state index in [2.05, 4.69) is 15.3 Å². The zero-order chi connectivity index (χ0) is 24.4. The lowest BCUT2D eigenvalue weighted by molar-refractivity contribution is -0.129. The predicted molar refractivity (Wildman–Crippen MR) is 128 cm³/mol. The highest BCUT2D eigenvalue weighted by molar-refractivity contribution is 14.1. The Morgan fingerprint density at radius 2 is 1.97 bits per heavy atom. The summed E-state index contributed by atoms with van der Waals surface area (Å²) in [6.07, 6.45) is 0.481. The number of aromatic amines is 1. The van der Waals surface area contributed by atoms with Crippen LogP contribution in [0.2, 0.25) is 0 Å². The first-order chi connectivity index (χ1) is 16.3. The normalized spacial score (nSPS) is 17.6. The Kier molecular flexibility index (Phi) is 7.14. The van der Waals surface area contributed by atoms with Gasteiger partial charge < -0.3 is 25.3 Å². The van der Waals surface area contributed by atoms with E-state index in [1.807, 2.05) is 22.6 Å². The molecule has 0 bridgehead atoms. The molecular formula is C23H22FIN4O5. The summed E-state index contributed by atoms with van der Waals surface area (Å²) in [5, 5.41) is 20.9. The van der Waals surface area contributed by atoms with Crippen LogP contribution in [0.4, 0.5) is 9.18 Å². The van der Waals surface area contributed by atoms with Crippen molar-refractivity contribution in [3.05, 3.63) is 69.4 Å². The van der Waals surface area contributed by atoms with Crippen molar-refractivity contribution >= 4 is 34.5 Å². The lowest BCUT2D eigenvalue weighted by Crippen LogP contribution is -2.34. The molecule has 1 aromatic heterocycles. The highest BCUT2D eigenvalue weighted by atomic mass is 127. The number of amides is 3. The third-order valence-corrected chi connectivity index (χ3v) is 6.11. The number of carbonyl (C=O) groups is 2. The number of hydrogen-bond acceptors (Lipinski definition) is 6. The first-order valence-corrected chi connectivity index (χ1v) is 11.5. The van der Waals surface area contributed by atoms with Crippen LogP contribution in [0.3, 0.4) is 0 Å². The second kappa shape index (κ2) is 10.1. The van der Waals surface area contributed by atoms with Crippen LogP contribution in [0, 0.1) is 9.39 Å². The number of halogens is 2. The maximum atomic E-state index is 14.3. The number of carbonyl (C=O) groups excluding carboxylic acids is 2. The Morgan fingerprint density at radius 1 is 1.24 bits per heavy atom. The van der Waals surface area contributed by atoms with Crippen molar-refractivity contribution in [2.75, 3.05) is 13.2 Å². The Hall–Kier alpha value is -3.03. The SMILES string of the molecule is C[C@@H](c1ncc(-c2ccc(I)cc2F)[nH]1)N1C(=O)NC(c2ccc(OCC(O)CO)cc2)C1=O. The van der Waals surface area contributed by atoms with Gasteiger partial charge in [-0.3, -0.25) is 9.69 Å². The molecule has 178 valence electrons. The van der Waals surface area contributed by atoms with Crippen LogP contribution < -0.4 is 10.1 Å². The lowest BCUT2D eigenvalue weighted by atomic mass is 10.1. The van der Waals surface area contributed by atoms with Crippen molar-refractivity contribution in [2.24, 2.45) is 0 Å². The van der Waals surface area contributed by atoms with Crippen LogP contribution in [0.15, 0.2) is 48.7 Å². The summed E-state index contributed by atoms with van der Waals surface area (Å²) < 4.78 is 20.5. The highest BCUT2D eigenvalue weighted by Gasteiger charge is 2.42. The van der Waals surface area contributed by atoms with Crippen LogP contribution in [0.5, 0.6) is 5.75 Å². The summed E-state index contributed by atoms with van der Waals surface area (Å²) >= 11 is 2.02. The smallest absolute Gasteiger partial charge is 0.325 e. The van der Waals surface area contributed by atoms with E-state index in [1.54, 1.807) is 43.3 Å². The third-order valence-electron chi connectivity index (χ3n) is 5.44. The number of aliphatic hydroxyl groups excluding tert-OH is 2. The molecule has 34 heavy (non-hydrogen) atoms. The van der Waals surface area contributed by atoms with Crippen molar-refractivity contribution in [2.45, 2.75) is 25.1 Å². The van der Waals surface area contributed by atoms with Crippen molar-refractivity contribution in [1.82, 2.24) is 20.2 Å². The Bertz CT molecular complexity index is 1200. The number of rotatable bonds is 8. The van der Waals surface area contributed by atoms with Crippen LogP contribution >= 0.6 is 22.6 Å². The van der Waals surface area contributed by atoms with Crippen LogP contribution in [0.25, 0.3) is 11.3 Å². The molecule has 0 aliphatic carbocycles. The average molecular weight is 580 g/mol. The van der Waals surface area contributed by atoms with E-state index in [1.165, 1.54) is 12.3 Å². The molecular weight excluding hydrogens is 558 g/mol. The average Bonchev–Trinajstić information content (AvgIpc) is 3.42. The molecule has 1 aliphatic rings. The van der Waals surface area contributed by atoms with Crippen LogP contribution in [0.1, 0.15) is 30.4 Å². The van der Waals surface area contributed by atoms with Gasteiger partial charge in [-0.2, -0.15) is 0 Å². The van der Waals surface area contributed by atoms with Crippen molar-refractivity contribution in [3.63, 3.8) is 0 Å². The largest absolute Gasteiger partial charge is 0.491 e. The Morgan fingerprint density at radius 3 is 2.65 bits per heavy atom. The van der Waals surface area contributed by atoms with Gasteiger partial charge in [0.1, 0.15) is 36.1 Å². The predicted octanol–water partition coefficient (Wildman–Crippen LogP) is 2.91. The van der Waals surface area contributed by atoms with Gasteiger partial charge in [-0.15, -0.1) is 0 Å². The van der Waals surface area contributed by atoms with Gasteiger partial charge in [0.05, 0.1) is 24.5 Å². The fraction of sp³-hybridized carbons (Fsp3) is 0.261. The first-order valence-electron chi connectivity index (χ1n) is 10.4. The summed E-state index contributed by atoms with van der Waals surface area (Å²) in [7, 11) is 0. The zero-order valence-corrected chi connectivity index (χ0v) is 20.2. The molecule has 0 saturated carbocycles. The molecule has 3 aromatic rings. The molecule has 4 N–H and O–H groups in total. The molecule has 1 aliphatic heterocycles. The topological polar surface area (TPSA) is 128 Å². The summed E-state index contributed by atoms with van der Waals surface area (Å²) in [5.41, 5.74) is 1.35. The molecule has 4 rings (SSSR count). The zero-order valence-electron chi connectivity index (χ0n) is 18.0. The van der Waals surface area contributed by atoms with E-state index < -0.39 is 42.6 Å². The van der Waals surface area contributed by atoms with Crippen molar-refractivity contribution in [3.8, 4) is 17.0 Å². The molecule has 11 heteroatoms. The second-order valence-corrected chi connectivity index (χ2v) is 9.04. The number of aromatic nitrogens is 2. The molecule has 3 amide bonds. The quantitative estimate of drug-likeness (QED) is 0.240. The number of benzene rings is 2. The number of hydrogen-bond donors (Lipinski definition) is 4. The number of nitrogens with one attached hydrogen (secondary N) is 2. The van der Waals surface area contributed by atoms with E-state index in [-0.39, 0.29) is 6.61 Å². The van der Waals surface area contributed by atoms with Gasteiger partial charge in [-0.1, -0.05) is 12.1 Å². The molecule has 9 nitrogen and oxygen atoms in total. The van der Waals surface area contributed by atoms with Gasteiger partial charge in [-0.25, -0.2) is 14.2 Å². The third kappa shape index (κ3) is 4.91. The van der Waals surface area contributed by atoms with E-state index >= 15 is 0 Å². The molecule has 1 saturated heterocycles. The van der Waals surface area contributed by atoms with Gasteiger partial charge in [0.2, 0.25) is 0 Å². The number of aliphatic hydroxyl groups is 2. The van der Waals surface area contributed by atoms with Gasteiger partial charge in [0.25, 0.3) is 5.91 Å². The fourth-order valence-electron chi connectivity index (χ4n) is 3.60. The molecule has 3 atom stereocenters.